The van der Waals surface area contributed by atoms with Gasteiger partial charge < -0.3 is 14.9 Å². The van der Waals surface area contributed by atoms with Crippen LogP contribution in [0.5, 0.6) is 0 Å². The summed E-state index contributed by atoms with van der Waals surface area (Å²) >= 11 is 0. The van der Waals surface area contributed by atoms with Crippen molar-refractivity contribution in [2.75, 3.05) is 7.11 Å². The van der Waals surface area contributed by atoms with Crippen molar-refractivity contribution >= 4 is 12.3 Å². The number of pyridine rings is 1. The Bertz CT molecular complexity index is 437. The lowest BCUT2D eigenvalue weighted by Gasteiger charge is -2.17. The largest absolute Gasteiger partial charge is 0.467 e. The van der Waals surface area contributed by atoms with E-state index in [1.165, 1.54) is 0 Å². The average Bonchev–Trinajstić information content (AvgIpc) is 2.35. The van der Waals surface area contributed by atoms with Gasteiger partial charge in [0.15, 0.2) is 12.4 Å². The van der Waals surface area contributed by atoms with E-state index in [9.17, 15) is 24.2 Å². The van der Waals surface area contributed by atoms with Gasteiger partial charge in [-0.1, -0.05) is 0 Å². The van der Waals surface area contributed by atoms with Gasteiger partial charge in [0.05, 0.1) is 12.7 Å². The van der Waals surface area contributed by atoms with Crippen LogP contribution in [0, 0.1) is 5.95 Å². The minimum atomic E-state index is -1.90. The average molecular weight is 243 g/mol. The SMILES string of the molecule is COC(=O)C(O)C(O)c1ccnc(F)c1C=O. The lowest BCUT2D eigenvalue weighted by atomic mass is 10.0. The van der Waals surface area contributed by atoms with Gasteiger partial charge in [-0.15, -0.1) is 0 Å². The highest BCUT2D eigenvalue weighted by Crippen LogP contribution is 2.21. The van der Waals surface area contributed by atoms with Gasteiger partial charge >= 0.3 is 5.97 Å². The molecule has 1 heterocycles. The summed E-state index contributed by atoms with van der Waals surface area (Å²) < 4.78 is 17.3. The number of esters is 1. The lowest BCUT2D eigenvalue weighted by Crippen LogP contribution is -2.29. The summed E-state index contributed by atoms with van der Waals surface area (Å²) in [5, 5.41) is 19.0. The van der Waals surface area contributed by atoms with Crippen LogP contribution in [0.3, 0.4) is 0 Å². The molecule has 0 aromatic carbocycles. The number of aldehydes is 1. The molecule has 1 aromatic rings. The third-order valence-electron chi connectivity index (χ3n) is 2.15. The summed E-state index contributed by atoms with van der Waals surface area (Å²) in [6.45, 7) is 0. The van der Waals surface area contributed by atoms with Gasteiger partial charge in [-0.05, 0) is 6.07 Å². The van der Waals surface area contributed by atoms with E-state index in [0.29, 0.717) is 0 Å². The second-order valence-corrected chi connectivity index (χ2v) is 3.14. The van der Waals surface area contributed by atoms with Gasteiger partial charge in [0.25, 0.3) is 0 Å². The molecule has 17 heavy (non-hydrogen) atoms. The van der Waals surface area contributed by atoms with Gasteiger partial charge in [-0.2, -0.15) is 4.39 Å². The number of hydrogen-bond acceptors (Lipinski definition) is 6. The highest BCUT2D eigenvalue weighted by atomic mass is 19.1. The molecule has 0 fully saturated rings. The van der Waals surface area contributed by atoms with Crippen molar-refractivity contribution in [2.45, 2.75) is 12.2 Å². The smallest absolute Gasteiger partial charge is 0.337 e. The van der Waals surface area contributed by atoms with E-state index in [1.807, 2.05) is 0 Å². The van der Waals surface area contributed by atoms with Gasteiger partial charge in [-0.3, -0.25) is 4.79 Å². The van der Waals surface area contributed by atoms with E-state index < -0.39 is 29.7 Å². The minimum absolute atomic E-state index is 0.144. The molecular weight excluding hydrogens is 233 g/mol. The lowest BCUT2D eigenvalue weighted by molar-refractivity contribution is -0.156. The number of aromatic nitrogens is 1. The molecule has 0 bridgehead atoms. The van der Waals surface area contributed by atoms with Crippen molar-refractivity contribution in [1.29, 1.82) is 0 Å². The van der Waals surface area contributed by atoms with Crippen LogP contribution in [0.25, 0.3) is 0 Å². The molecule has 92 valence electrons. The molecule has 7 heteroatoms. The Morgan fingerprint density at radius 3 is 2.76 bits per heavy atom. The van der Waals surface area contributed by atoms with Gasteiger partial charge in [0.2, 0.25) is 5.95 Å². The van der Waals surface area contributed by atoms with Gasteiger partial charge in [0.1, 0.15) is 6.10 Å². The van der Waals surface area contributed by atoms with Crippen LogP contribution in [0.15, 0.2) is 12.3 Å². The van der Waals surface area contributed by atoms with Crippen LogP contribution in [-0.2, 0) is 9.53 Å². The summed E-state index contributed by atoms with van der Waals surface area (Å²) in [6.07, 6.45) is -2.52. The zero-order valence-electron chi connectivity index (χ0n) is 8.83. The van der Waals surface area contributed by atoms with Crippen molar-refractivity contribution in [3.05, 3.63) is 29.3 Å². The first-order valence-electron chi connectivity index (χ1n) is 4.56. The normalized spacial score (nSPS) is 13.9. The molecule has 0 saturated carbocycles. The third kappa shape index (κ3) is 2.63. The van der Waals surface area contributed by atoms with E-state index in [4.69, 9.17) is 0 Å². The van der Waals surface area contributed by atoms with E-state index in [0.717, 1.165) is 19.4 Å². The van der Waals surface area contributed by atoms with Crippen LogP contribution in [0.1, 0.15) is 22.0 Å². The van der Waals surface area contributed by atoms with Crippen LogP contribution >= 0.6 is 0 Å². The molecule has 0 amide bonds. The van der Waals surface area contributed by atoms with Gasteiger partial charge in [0, 0.05) is 11.8 Å². The number of nitrogens with zero attached hydrogens (tertiary/aromatic N) is 1. The first kappa shape index (κ1) is 13.2. The fourth-order valence-corrected chi connectivity index (χ4v) is 1.26. The molecule has 0 spiro atoms. The van der Waals surface area contributed by atoms with E-state index in [2.05, 4.69) is 9.72 Å². The standard InChI is InChI=1S/C10H10FNO5/c1-17-10(16)8(15)7(14)5-2-3-12-9(11)6(5)4-13/h2-4,7-8,14-15H,1H3. The highest BCUT2D eigenvalue weighted by Gasteiger charge is 2.29. The molecule has 0 aliphatic rings. The molecule has 1 aromatic heterocycles. The van der Waals surface area contributed by atoms with E-state index in [1.54, 1.807) is 0 Å². The first-order chi connectivity index (χ1) is 8.02. The van der Waals surface area contributed by atoms with Crippen molar-refractivity contribution in [3.8, 4) is 0 Å². The van der Waals surface area contributed by atoms with Gasteiger partial charge in [-0.25, -0.2) is 9.78 Å². The summed E-state index contributed by atoms with van der Waals surface area (Å²) in [5.74, 6) is -2.18. The highest BCUT2D eigenvalue weighted by molar-refractivity contribution is 5.79. The minimum Gasteiger partial charge on any atom is -0.467 e. The van der Waals surface area contributed by atoms with Crippen LogP contribution in [-0.4, -0.2) is 40.7 Å². The maximum atomic E-state index is 13.1. The molecule has 0 aliphatic carbocycles. The molecular formula is C10H10FNO5. The summed E-state index contributed by atoms with van der Waals surface area (Å²) in [7, 11) is 1.02. The van der Waals surface area contributed by atoms with Crippen LogP contribution < -0.4 is 0 Å². The number of ether oxygens (including phenoxy) is 1. The molecule has 1 rings (SSSR count). The fraction of sp³-hybridized carbons (Fsp3) is 0.300. The Morgan fingerprint density at radius 1 is 1.59 bits per heavy atom. The number of carbonyl (C=O) groups excluding carboxylic acids is 2. The maximum absolute atomic E-state index is 13.1. The fourth-order valence-electron chi connectivity index (χ4n) is 1.26. The predicted molar refractivity (Wildman–Crippen MR) is 52.6 cm³/mol. The molecule has 2 unspecified atom stereocenters. The number of aliphatic hydroxyl groups is 2. The van der Waals surface area contributed by atoms with E-state index in [-0.39, 0.29) is 11.8 Å². The number of hydrogen-bond donors (Lipinski definition) is 2. The second kappa shape index (κ2) is 5.46. The Hall–Kier alpha value is -1.86. The van der Waals surface area contributed by atoms with Crippen LogP contribution in [0.2, 0.25) is 0 Å². The summed E-state index contributed by atoms with van der Waals surface area (Å²) in [6, 6.07) is 1.13. The quantitative estimate of drug-likeness (QED) is 0.424. The first-order valence-corrected chi connectivity index (χ1v) is 4.56. The summed E-state index contributed by atoms with van der Waals surface area (Å²) in [5.41, 5.74) is -0.742. The van der Waals surface area contributed by atoms with Crippen LogP contribution in [0.4, 0.5) is 4.39 Å². The summed E-state index contributed by atoms with van der Waals surface area (Å²) in [4.78, 5) is 24.8. The number of methoxy groups -OCH3 is 1. The van der Waals surface area contributed by atoms with Crippen molar-refractivity contribution in [3.63, 3.8) is 0 Å². The topological polar surface area (TPSA) is 96.7 Å². The zero-order valence-corrected chi connectivity index (χ0v) is 8.83. The molecule has 0 saturated heterocycles. The van der Waals surface area contributed by atoms with Crippen molar-refractivity contribution in [2.24, 2.45) is 0 Å². The molecule has 2 N–H and O–H groups in total. The third-order valence-corrected chi connectivity index (χ3v) is 2.15. The van der Waals surface area contributed by atoms with Crippen molar-refractivity contribution in [1.82, 2.24) is 4.98 Å². The predicted octanol–water partition coefficient (Wildman–Crippen LogP) is -0.399. The Balaban J connectivity index is 3.12. The number of carbonyl (C=O) groups is 2. The second-order valence-electron chi connectivity index (χ2n) is 3.14. The Morgan fingerprint density at radius 2 is 2.24 bits per heavy atom. The zero-order chi connectivity index (χ0) is 13.0. The molecule has 0 aliphatic heterocycles. The van der Waals surface area contributed by atoms with Crippen molar-refractivity contribution < 1.29 is 28.9 Å². The maximum Gasteiger partial charge on any atom is 0.337 e. The number of rotatable bonds is 4. The monoisotopic (exact) mass is 243 g/mol. The van der Waals surface area contributed by atoms with E-state index >= 15 is 0 Å². The Kier molecular flexibility index (Phi) is 4.24. The molecule has 2 atom stereocenters. The Labute approximate surface area is 95.7 Å². The number of aliphatic hydroxyl groups excluding tert-OH is 2. The molecule has 6 nitrogen and oxygen atoms in total. The number of halogens is 1. The molecule has 0 radical (unpaired) electrons.